The predicted octanol–water partition coefficient (Wildman–Crippen LogP) is 2.23. The van der Waals surface area contributed by atoms with Crippen LogP contribution in [-0.2, 0) is 19.6 Å². The minimum absolute atomic E-state index is 0.0795. The van der Waals surface area contributed by atoms with Crippen molar-refractivity contribution in [1.29, 1.82) is 0 Å². The molecule has 0 aliphatic carbocycles. The van der Waals surface area contributed by atoms with Crippen LogP contribution in [-0.4, -0.2) is 57.5 Å². The fourth-order valence-electron chi connectivity index (χ4n) is 3.95. The smallest absolute Gasteiger partial charge is 0.289 e. The number of nitrogens with one attached hydrogen (secondary N) is 2. The molecular weight excluding hydrogens is 434 g/mol. The van der Waals surface area contributed by atoms with E-state index in [-0.39, 0.29) is 35.3 Å². The predicted molar refractivity (Wildman–Crippen MR) is 117 cm³/mol. The van der Waals surface area contributed by atoms with Crippen LogP contribution in [0.25, 0.3) is 0 Å². The van der Waals surface area contributed by atoms with E-state index in [9.17, 15) is 18.0 Å². The zero-order chi connectivity index (χ0) is 22.6. The third-order valence-corrected chi connectivity index (χ3v) is 7.28. The van der Waals surface area contributed by atoms with E-state index in [0.717, 1.165) is 12.8 Å². The molecule has 2 aliphatic heterocycles. The number of likely N-dealkylation sites (tertiary alicyclic amines) is 1. The average molecular weight is 462 g/mol. The van der Waals surface area contributed by atoms with Gasteiger partial charge in [0, 0.05) is 37.8 Å². The van der Waals surface area contributed by atoms with Gasteiger partial charge in [-0.05, 0) is 62.1 Å². The number of hydrogen-bond acceptors (Lipinski definition) is 6. The average Bonchev–Trinajstić information content (AvgIpc) is 3.52. The van der Waals surface area contributed by atoms with E-state index in [1.807, 2.05) is 0 Å². The second-order valence-corrected chi connectivity index (χ2v) is 9.81. The lowest BCUT2D eigenvalue weighted by atomic mass is 9.95. The van der Waals surface area contributed by atoms with Crippen LogP contribution in [0.5, 0.6) is 0 Å². The molecule has 0 saturated carbocycles. The number of carbonyl (C=O) groups excluding carboxylic acids is 2. The van der Waals surface area contributed by atoms with Gasteiger partial charge in [0.2, 0.25) is 15.9 Å². The number of sulfonamides is 1. The molecule has 2 aliphatic rings. The molecule has 4 rings (SSSR count). The first kappa shape index (κ1) is 22.5. The Kier molecular flexibility index (Phi) is 6.92. The van der Waals surface area contributed by atoms with E-state index in [4.69, 9.17) is 9.15 Å². The highest BCUT2D eigenvalue weighted by molar-refractivity contribution is 7.89. The Bertz CT molecular complexity index is 1020. The standard InChI is InChI=1S/C22H27N3O6S/c26-21(16-9-11-25(12-10-16)22(27)20-4-2-14-31-20)24-17-5-7-19(8-6-17)32(28,29)23-15-18-3-1-13-30-18/h2,4-8,14,16,18,23H,1,3,9-13,15H2,(H,24,26)/t18-/m0/s1. The summed E-state index contributed by atoms with van der Waals surface area (Å²) in [5, 5.41) is 2.84. The van der Waals surface area contributed by atoms with E-state index in [0.29, 0.717) is 44.0 Å². The molecule has 3 heterocycles. The molecule has 1 aromatic carbocycles. The Hall–Kier alpha value is -2.69. The van der Waals surface area contributed by atoms with Crippen molar-refractivity contribution in [3.8, 4) is 0 Å². The second-order valence-electron chi connectivity index (χ2n) is 8.04. The molecule has 1 aromatic heterocycles. The monoisotopic (exact) mass is 461 g/mol. The summed E-state index contributed by atoms with van der Waals surface area (Å²) in [5.41, 5.74) is 0.530. The van der Waals surface area contributed by atoms with Crippen LogP contribution in [0, 0.1) is 5.92 Å². The molecular formula is C22H27N3O6S. The fourth-order valence-corrected chi connectivity index (χ4v) is 5.02. The lowest BCUT2D eigenvalue weighted by Gasteiger charge is -2.30. The Labute approximate surface area is 187 Å². The molecule has 2 saturated heterocycles. The minimum atomic E-state index is -3.63. The molecule has 0 radical (unpaired) electrons. The lowest BCUT2D eigenvalue weighted by Crippen LogP contribution is -2.41. The number of piperidine rings is 1. The summed E-state index contributed by atoms with van der Waals surface area (Å²) in [5.74, 6) is -0.221. The quantitative estimate of drug-likeness (QED) is 0.653. The molecule has 0 unspecified atom stereocenters. The van der Waals surface area contributed by atoms with Gasteiger partial charge in [-0.1, -0.05) is 0 Å². The molecule has 10 heteroatoms. The number of carbonyl (C=O) groups is 2. The van der Waals surface area contributed by atoms with Crippen LogP contribution in [0.15, 0.2) is 52.0 Å². The number of rotatable bonds is 7. The summed E-state index contributed by atoms with van der Waals surface area (Å²) in [6.07, 6.45) is 4.28. The normalized spacial score (nSPS) is 19.8. The van der Waals surface area contributed by atoms with Gasteiger partial charge in [-0.25, -0.2) is 13.1 Å². The lowest BCUT2D eigenvalue weighted by molar-refractivity contribution is -0.121. The van der Waals surface area contributed by atoms with E-state index < -0.39 is 10.0 Å². The summed E-state index contributed by atoms with van der Waals surface area (Å²) < 4.78 is 38.1. The van der Waals surface area contributed by atoms with Crippen LogP contribution in [0.3, 0.4) is 0 Å². The largest absolute Gasteiger partial charge is 0.459 e. The number of anilines is 1. The molecule has 9 nitrogen and oxygen atoms in total. The highest BCUT2D eigenvalue weighted by Gasteiger charge is 2.29. The first-order valence-corrected chi connectivity index (χ1v) is 12.3. The Balaban J connectivity index is 1.27. The number of benzene rings is 1. The zero-order valence-electron chi connectivity index (χ0n) is 17.7. The van der Waals surface area contributed by atoms with Crippen LogP contribution >= 0.6 is 0 Å². The number of nitrogens with zero attached hydrogens (tertiary/aromatic N) is 1. The summed E-state index contributed by atoms with van der Waals surface area (Å²) >= 11 is 0. The molecule has 2 fully saturated rings. The zero-order valence-corrected chi connectivity index (χ0v) is 18.5. The van der Waals surface area contributed by atoms with Crippen molar-refractivity contribution in [3.63, 3.8) is 0 Å². The number of furan rings is 1. The van der Waals surface area contributed by atoms with Gasteiger partial charge in [-0.15, -0.1) is 0 Å². The topological polar surface area (TPSA) is 118 Å². The highest BCUT2D eigenvalue weighted by Crippen LogP contribution is 2.22. The minimum Gasteiger partial charge on any atom is -0.459 e. The second kappa shape index (κ2) is 9.85. The van der Waals surface area contributed by atoms with E-state index in [1.165, 1.54) is 18.4 Å². The summed E-state index contributed by atoms with van der Waals surface area (Å²) in [4.78, 5) is 26.8. The van der Waals surface area contributed by atoms with Gasteiger partial charge in [0.05, 0.1) is 17.3 Å². The third kappa shape index (κ3) is 5.37. The van der Waals surface area contributed by atoms with E-state index >= 15 is 0 Å². The fraction of sp³-hybridized carbons (Fsp3) is 0.455. The van der Waals surface area contributed by atoms with Gasteiger partial charge in [0.1, 0.15) is 0 Å². The number of hydrogen-bond donors (Lipinski definition) is 2. The Morgan fingerprint density at radius 2 is 1.81 bits per heavy atom. The van der Waals surface area contributed by atoms with Crippen molar-refractivity contribution >= 4 is 27.5 Å². The van der Waals surface area contributed by atoms with Gasteiger partial charge >= 0.3 is 0 Å². The van der Waals surface area contributed by atoms with Crippen molar-refractivity contribution < 1.29 is 27.2 Å². The van der Waals surface area contributed by atoms with Crippen LogP contribution < -0.4 is 10.0 Å². The molecule has 32 heavy (non-hydrogen) atoms. The molecule has 2 N–H and O–H groups in total. The van der Waals surface area contributed by atoms with Crippen molar-refractivity contribution in [3.05, 3.63) is 48.4 Å². The first-order chi connectivity index (χ1) is 15.4. The molecule has 2 amide bonds. The van der Waals surface area contributed by atoms with Gasteiger partial charge < -0.3 is 19.4 Å². The maximum atomic E-state index is 12.6. The van der Waals surface area contributed by atoms with Crippen LogP contribution in [0.1, 0.15) is 36.2 Å². The van der Waals surface area contributed by atoms with Crippen molar-refractivity contribution in [1.82, 2.24) is 9.62 Å². The molecule has 172 valence electrons. The molecule has 0 bridgehead atoms. The van der Waals surface area contributed by atoms with Crippen LogP contribution in [0.4, 0.5) is 5.69 Å². The first-order valence-electron chi connectivity index (χ1n) is 10.8. The maximum absolute atomic E-state index is 12.6. The van der Waals surface area contributed by atoms with Gasteiger partial charge in [-0.2, -0.15) is 0 Å². The third-order valence-electron chi connectivity index (χ3n) is 5.84. The van der Waals surface area contributed by atoms with Crippen LogP contribution in [0.2, 0.25) is 0 Å². The molecule has 0 spiro atoms. The molecule has 1 atom stereocenters. The number of ether oxygens (including phenoxy) is 1. The summed E-state index contributed by atoms with van der Waals surface area (Å²) in [6, 6.07) is 9.39. The summed E-state index contributed by atoms with van der Waals surface area (Å²) in [6.45, 7) is 1.87. The summed E-state index contributed by atoms with van der Waals surface area (Å²) in [7, 11) is -3.63. The van der Waals surface area contributed by atoms with Gasteiger partial charge in [0.25, 0.3) is 5.91 Å². The maximum Gasteiger partial charge on any atom is 0.289 e. The number of amides is 2. The Morgan fingerprint density at radius 1 is 1.06 bits per heavy atom. The Morgan fingerprint density at radius 3 is 2.44 bits per heavy atom. The SMILES string of the molecule is O=C(Nc1ccc(S(=O)(=O)NC[C@@H]2CCCO2)cc1)C1CCN(C(=O)c2ccco2)CC1. The van der Waals surface area contributed by atoms with Gasteiger partial charge in [-0.3, -0.25) is 9.59 Å². The van der Waals surface area contributed by atoms with Crippen molar-refractivity contribution in [2.24, 2.45) is 5.92 Å². The molecule has 2 aromatic rings. The van der Waals surface area contributed by atoms with Gasteiger partial charge in [0.15, 0.2) is 5.76 Å². The van der Waals surface area contributed by atoms with Crippen molar-refractivity contribution in [2.45, 2.75) is 36.7 Å². The van der Waals surface area contributed by atoms with E-state index in [1.54, 1.807) is 29.2 Å². The highest BCUT2D eigenvalue weighted by atomic mass is 32.2. The van der Waals surface area contributed by atoms with E-state index in [2.05, 4.69) is 10.0 Å². The van der Waals surface area contributed by atoms with Crippen molar-refractivity contribution in [2.75, 3.05) is 31.6 Å².